The van der Waals surface area contributed by atoms with E-state index in [0.29, 0.717) is 28.3 Å². The van der Waals surface area contributed by atoms with Gasteiger partial charge < -0.3 is 4.74 Å². The highest BCUT2D eigenvalue weighted by molar-refractivity contribution is 5.48. The molecule has 0 saturated carbocycles. The standard InChI is InChI=1S/C15H13FN2O/c1-9-6-12(4-5-14(9)16)19-15-7-10(2)18-11(3)13(15)8-17/h4-7H,1-3H3. The number of halogens is 1. The normalized spacial score (nSPS) is 10.1. The largest absolute Gasteiger partial charge is 0.456 e. The fourth-order valence-corrected chi connectivity index (χ4v) is 1.82. The summed E-state index contributed by atoms with van der Waals surface area (Å²) < 4.78 is 18.9. The van der Waals surface area contributed by atoms with Crippen LogP contribution in [0.2, 0.25) is 0 Å². The monoisotopic (exact) mass is 256 g/mol. The number of hydrogen-bond acceptors (Lipinski definition) is 3. The van der Waals surface area contributed by atoms with Gasteiger partial charge in [0.1, 0.15) is 28.9 Å². The Bertz CT molecular complexity index is 675. The first-order valence-corrected chi connectivity index (χ1v) is 5.83. The van der Waals surface area contributed by atoms with Crippen molar-refractivity contribution in [3.05, 3.63) is 52.6 Å². The average Bonchev–Trinajstić information content (AvgIpc) is 2.33. The number of pyridine rings is 1. The van der Waals surface area contributed by atoms with Crippen molar-refractivity contribution in [2.24, 2.45) is 0 Å². The molecule has 0 bridgehead atoms. The third-order valence-corrected chi connectivity index (χ3v) is 2.76. The van der Waals surface area contributed by atoms with Gasteiger partial charge in [0.15, 0.2) is 0 Å². The molecular formula is C15H13FN2O. The quantitative estimate of drug-likeness (QED) is 0.820. The molecule has 0 amide bonds. The summed E-state index contributed by atoms with van der Waals surface area (Å²) in [5, 5.41) is 9.14. The van der Waals surface area contributed by atoms with E-state index < -0.39 is 0 Å². The highest BCUT2D eigenvalue weighted by atomic mass is 19.1. The second-order valence-electron chi connectivity index (χ2n) is 4.35. The molecule has 0 unspecified atom stereocenters. The van der Waals surface area contributed by atoms with Gasteiger partial charge in [-0.2, -0.15) is 5.26 Å². The number of aryl methyl sites for hydroxylation is 3. The SMILES string of the molecule is Cc1cc(Oc2ccc(F)c(C)c2)c(C#N)c(C)n1. The molecule has 0 aliphatic carbocycles. The molecule has 1 heterocycles. The Labute approximate surface area is 111 Å². The predicted octanol–water partition coefficient (Wildman–Crippen LogP) is 3.81. The number of benzene rings is 1. The van der Waals surface area contributed by atoms with Gasteiger partial charge in [-0.05, 0) is 44.5 Å². The van der Waals surface area contributed by atoms with E-state index in [1.54, 1.807) is 26.0 Å². The fraction of sp³-hybridized carbons (Fsp3) is 0.200. The molecule has 1 aromatic carbocycles. The van der Waals surface area contributed by atoms with Crippen molar-refractivity contribution in [2.75, 3.05) is 0 Å². The van der Waals surface area contributed by atoms with Crippen molar-refractivity contribution in [2.45, 2.75) is 20.8 Å². The molecule has 0 saturated heterocycles. The Morgan fingerprint density at radius 2 is 1.95 bits per heavy atom. The van der Waals surface area contributed by atoms with Crippen LogP contribution in [0.4, 0.5) is 4.39 Å². The molecule has 19 heavy (non-hydrogen) atoms. The first kappa shape index (κ1) is 13.0. The minimum atomic E-state index is -0.282. The number of hydrogen-bond donors (Lipinski definition) is 0. The van der Waals surface area contributed by atoms with E-state index in [2.05, 4.69) is 11.1 Å². The summed E-state index contributed by atoms with van der Waals surface area (Å²) >= 11 is 0. The van der Waals surface area contributed by atoms with Crippen molar-refractivity contribution in [1.29, 1.82) is 5.26 Å². The number of rotatable bonds is 2. The summed E-state index contributed by atoms with van der Waals surface area (Å²) in [6.45, 7) is 5.25. The highest BCUT2D eigenvalue weighted by Crippen LogP contribution is 2.28. The zero-order valence-corrected chi connectivity index (χ0v) is 11.0. The van der Waals surface area contributed by atoms with Crippen molar-refractivity contribution in [3.63, 3.8) is 0 Å². The Balaban J connectivity index is 2.43. The van der Waals surface area contributed by atoms with Gasteiger partial charge in [0.05, 0.1) is 5.69 Å². The fourth-order valence-electron chi connectivity index (χ4n) is 1.82. The molecule has 0 aliphatic heterocycles. The zero-order chi connectivity index (χ0) is 14.0. The van der Waals surface area contributed by atoms with Crippen LogP contribution in [0.15, 0.2) is 24.3 Å². The molecule has 2 rings (SSSR count). The summed E-state index contributed by atoms with van der Waals surface area (Å²) in [5.74, 6) is 0.661. The molecule has 0 spiro atoms. The van der Waals surface area contributed by atoms with Crippen LogP contribution in [-0.4, -0.2) is 4.98 Å². The second kappa shape index (κ2) is 5.07. The molecule has 3 nitrogen and oxygen atoms in total. The lowest BCUT2D eigenvalue weighted by Crippen LogP contribution is -1.96. The molecule has 96 valence electrons. The van der Waals surface area contributed by atoms with Crippen molar-refractivity contribution in [3.8, 4) is 17.6 Å². The average molecular weight is 256 g/mol. The van der Waals surface area contributed by atoms with Crippen molar-refractivity contribution < 1.29 is 9.13 Å². The molecular weight excluding hydrogens is 243 g/mol. The summed E-state index contributed by atoms with van der Waals surface area (Å²) in [6.07, 6.45) is 0. The van der Waals surface area contributed by atoms with E-state index in [4.69, 9.17) is 10.00 Å². The van der Waals surface area contributed by atoms with Crippen LogP contribution >= 0.6 is 0 Å². The van der Waals surface area contributed by atoms with Crippen LogP contribution in [0, 0.1) is 37.9 Å². The van der Waals surface area contributed by atoms with Crippen LogP contribution in [-0.2, 0) is 0 Å². The minimum Gasteiger partial charge on any atom is -0.456 e. The molecule has 0 fully saturated rings. The lowest BCUT2D eigenvalue weighted by atomic mass is 10.1. The maximum Gasteiger partial charge on any atom is 0.148 e. The van der Waals surface area contributed by atoms with E-state index in [-0.39, 0.29) is 5.82 Å². The molecule has 0 atom stereocenters. The van der Waals surface area contributed by atoms with Crippen LogP contribution in [0.5, 0.6) is 11.5 Å². The maximum atomic E-state index is 13.2. The van der Waals surface area contributed by atoms with Gasteiger partial charge in [0.25, 0.3) is 0 Å². The van der Waals surface area contributed by atoms with Gasteiger partial charge in [-0.3, -0.25) is 4.98 Å². The number of nitrogens with zero attached hydrogens (tertiary/aromatic N) is 2. The molecule has 4 heteroatoms. The van der Waals surface area contributed by atoms with E-state index in [1.807, 2.05) is 6.92 Å². The van der Waals surface area contributed by atoms with Crippen LogP contribution in [0.1, 0.15) is 22.5 Å². The summed E-state index contributed by atoms with van der Waals surface area (Å²) in [5.41, 5.74) is 2.28. The smallest absolute Gasteiger partial charge is 0.148 e. The van der Waals surface area contributed by atoms with Crippen LogP contribution < -0.4 is 4.74 Å². The topological polar surface area (TPSA) is 45.9 Å². The summed E-state index contributed by atoms with van der Waals surface area (Å²) in [6, 6.07) is 8.25. The zero-order valence-electron chi connectivity index (χ0n) is 11.0. The van der Waals surface area contributed by atoms with E-state index in [1.165, 1.54) is 12.1 Å². The van der Waals surface area contributed by atoms with E-state index >= 15 is 0 Å². The molecule has 0 radical (unpaired) electrons. The Morgan fingerprint density at radius 1 is 1.21 bits per heavy atom. The van der Waals surface area contributed by atoms with Crippen LogP contribution in [0.3, 0.4) is 0 Å². The molecule has 0 N–H and O–H groups in total. The maximum absolute atomic E-state index is 13.2. The van der Waals surface area contributed by atoms with Gasteiger partial charge in [0, 0.05) is 11.8 Å². The lowest BCUT2D eigenvalue weighted by Gasteiger charge is -2.10. The van der Waals surface area contributed by atoms with Crippen molar-refractivity contribution >= 4 is 0 Å². The second-order valence-corrected chi connectivity index (χ2v) is 4.35. The predicted molar refractivity (Wildman–Crippen MR) is 69.6 cm³/mol. The first-order valence-electron chi connectivity index (χ1n) is 5.83. The Hall–Kier alpha value is -2.41. The van der Waals surface area contributed by atoms with E-state index in [9.17, 15) is 4.39 Å². The minimum absolute atomic E-state index is 0.282. The summed E-state index contributed by atoms with van der Waals surface area (Å²) in [4.78, 5) is 4.22. The van der Waals surface area contributed by atoms with Gasteiger partial charge >= 0.3 is 0 Å². The molecule has 2 aromatic rings. The lowest BCUT2D eigenvalue weighted by molar-refractivity contribution is 0.476. The Morgan fingerprint density at radius 3 is 2.58 bits per heavy atom. The number of nitriles is 1. The van der Waals surface area contributed by atoms with Crippen molar-refractivity contribution in [1.82, 2.24) is 4.98 Å². The first-order chi connectivity index (χ1) is 9.01. The van der Waals surface area contributed by atoms with E-state index in [0.717, 1.165) is 5.69 Å². The van der Waals surface area contributed by atoms with Gasteiger partial charge in [0.2, 0.25) is 0 Å². The van der Waals surface area contributed by atoms with Gasteiger partial charge in [-0.25, -0.2) is 4.39 Å². The number of ether oxygens (including phenoxy) is 1. The van der Waals surface area contributed by atoms with Crippen LogP contribution in [0.25, 0.3) is 0 Å². The highest BCUT2D eigenvalue weighted by Gasteiger charge is 2.11. The molecule has 1 aromatic heterocycles. The Kier molecular flexibility index (Phi) is 3.48. The molecule has 0 aliphatic rings. The summed E-state index contributed by atoms with van der Waals surface area (Å²) in [7, 11) is 0. The number of aromatic nitrogens is 1. The third kappa shape index (κ3) is 2.71. The third-order valence-electron chi connectivity index (χ3n) is 2.76. The van der Waals surface area contributed by atoms with Gasteiger partial charge in [-0.15, -0.1) is 0 Å². The van der Waals surface area contributed by atoms with Gasteiger partial charge in [-0.1, -0.05) is 0 Å².